The first-order chi connectivity index (χ1) is 9.69. The number of rotatable bonds is 7. The van der Waals surface area contributed by atoms with E-state index >= 15 is 0 Å². The van der Waals surface area contributed by atoms with Gasteiger partial charge in [-0.25, -0.2) is 4.68 Å². The van der Waals surface area contributed by atoms with Crippen LogP contribution in [0.3, 0.4) is 0 Å². The first kappa shape index (κ1) is 15.1. The number of aryl methyl sites for hydroxylation is 2. The van der Waals surface area contributed by atoms with Gasteiger partial charge in [-0.2, -0.15) is 5.10 Å². The average Bonchev–Trinajstić information content (AvgIpc) is 3.03. The monoisotopic (exact) mass is 311 g/mol. The molecule has 6 heteroatoms. The van der Waals surface area contributed by atoms with Crippen molar-refractivity contribution in [1.82, 2.24) is 9.78 Å². The molecule has 0 unspecified atom stereocenters. The van der Waals surface area contributed by atoms with Crippen molar-refractivity contribution in [1.29, 1.82) is 0 Å². The largest absolute Gasteiger partial charge is 0.311 e. The molecule has 0 bridgehead atoms. The summed E-state index contributed by atoms with van der Waals surface area (Å²) in [5.74, 6) is 0.778. The number of nitrogens with zero attached hydrogens (tertiary/aromatic N) is 2. The van der Waals surface area contributed by atoms with Crippen LogP contribution in [0.4, 0.5) is 5.82 Å². The van der Waals surface area contributed by atoms with Gasteiger partial charge in [-0.15, -0.1) is 11.3 Å². The van der Waals surface area contributed by atoms with Crippen LogP contribution >= 0.6 is 22.9 Å². The van der Waals surface area contributed by atoms with Gasteiger partial charge in [0.2, 0.25) is 5.91 Å². The van der Waals surface area contributed by atoms with Crippen LogP contribution < -0.4 is 5.32 Å². The summed E-state index contributed by atoms with van der Waals surface area (Å²) in [5.41, 5.74) is 0. The molecule has 0 saturated heterocycles. The fraction of sp³-hybridized carbons (Fsp3) is 0.429. The Kier molecular flexibility index (Phi) is 5.61. The Labute approximate surface area is 127 Å². The van der Waals surface area contributed by atoms with Crippen molar-refractivity contribution in [3.8, 4) is 0 Å². The molecule has 0 aliphatic carbocycles. The Hall–Kier alpha value is -1.33. The van der Waals surface area contributed by atoms with Crippen molar-refractivity contribution >= 4 is 34.7 Å². The van der Waals surface area contributed by atoms with Gasteiger partial charge in [0, 0.05) is 29.3 Å². The van der Waals surface area contributed by atoms with Gasteiger partial charge >= 0.3 is 0 Å². The molecule has 0 radical (unpaired) electrons. The summed E-state index contributed by atoms with van der Waals surface area (Å²) < 4.78 is 1.84. The van der Waals surface area contributed by atoms with E-state index in [4.69, 9.17) is 11.6 Å². The van der Waals surface area contributed by atoms with Gasteiger partial charge in [-0.05, 0) is 18.9 Å². The molecule has 0 spiro atoms. The number of anilines is 1. The minimum atomic E-state index is 0.00720. The number of unbranched alkanes of at least 4 members (excludes halogenated alkanes) is 1. The number of hydrogen-bond acceptors (Lipinski definition) is 3. The molecule has 20 heavy (non-hydrogen) atoms. The molecule has 0 saturated carbocycles. The van der Waals surface area contributed by atoms with Crippen molar-refractivity contribution < 1.29 is 4.79 Å². The van der Waals surface area contributed by atoms with Gasteiger partial charge < -0.3 is 5.32 Å². The van der Waals surface area contributed by atoms with Crippen LogP contribution in [0.1, 0.15) is 31.1 Å². The third kappa shape index (κ3) is 4.35. The molecule has 0 aliphatic rings. The average molecular weight is 312 g/mol. The van der Waals surface area contributed by atoms with Gasteiger partial charge in [0.25, 0.3) is 0 Å². The summed E-state index contributed by atoms with van der Waals surface area (Å²) in [7, 11) is 0. The molecule has 0 fully saturated rings. The second kappa shape index (κ2) is 7.45. The lowest BCUT2D eigenvalue weighted by molar-refractivity contribution is -0.116. The Balaban J connectivity index is 1.83. The number of carbonyl (C=O) groups is 1. The molecule has 2 aromatic rings. The maximum absolute atomic E-state index is 11.9. The van der Waals surface area contributed by atoms with Crippen molar-refractivity contribution in [2.45, 2.75) is 39.2 Å². The quantitative estimate of drug-likeness (QED) is 0.841. The summed E-state index contributed by atoms with van der Waals surface area (Å²) in [6.07, 6.45) is 5.04. The van der Waals surface area contributed by atoms with Crippen LogP contribution in [0, 0.1) is 0 Å². The van der Waals surface area contributed by atoms with Crippen molar-refractivity contribution in [2.75, 3.05) is 5.32 Å². The molecule has 2 heterocycles. The van der Waals surface area contributed by atoms with Gasteiger partial charge in [0.1, 0.15) is 5.82 Å². The highest BCUT2D eigenvalue weighted by atomic mass is 35.5. The maximum Gasteiger partial charge on any atom is 0.225 e. The molecule has 0 atom stereocenters. The van der Waals surface area contributed by atoms with E-state index in [1.54, 1.807) is 17.5 Å². The number of thiophene rings is 1. The summed E-state index contributed by atoms with van der Waals surface area (Å²) in [6.45, 7) is 2.97. The first-order valence-electron chi connectivity index (χ1n) is 6.73. The number of aromatic nitrogens is 2. The first-order valence-corrected chi connectivity index (χ1v) is 7.99. The van der Waals surface area contributed by atoms with Gasteiger partial charge in [-0.3, -0.25) is 4.79 Å². The topological polar surface area (TPSA) is 46.9 Å². The molecule has 2 rings (SSSR count). The Morgan fingerprint density at radius 3 is 3.10 bits per heavy atom. The Morgan fingerprint density at radius 1 is 1.55 bits per heavy atom. The lowest BCUT2D eigenvalue weighted by atomic mass is 10.2. The van der Waals surface area contributed by atoms with Crippen molar-refractivity contribution in [2.24, 2.45) is 0 Å². The normalized spacial score (nSPS) is 10.7. The van der Waals surface area contributed by atoms with Crippen molar-refractivity contribution in [3.05, 3.63) is 33.6 Å². The molecule has 1 amide bonds. The highest BCUT2D eigenvalue weighted by molar-refractivity contribution is 7.10. The number of nitrogens with one attached hydrogen (secondary N) is 1. The fourth-order valence-corrected chi connectivity index (χ4v) is 2.93. The third-order valence-corrected chi connectivity index (χ3v) is 4.27. The molecule has 1 N–H and O–H groups in total. The van der Waals surface area contributed by atoms with E-state index in [0.29, 0.717) is 12.8 Å². The summed E-state index contributed by atoms with van der Waals surface area (Å²) in [5, 5.41) is 9.75. The van der Waals surface area contributed by atoms with E-state index in [1.165, 1.54) is 0 Å². The van der Waals surface area contributed by atoms with E-state index < -0.39 is 0 Å². The van der Waals surface area contributed by atoms with Crippen LogP contribution in [-0.2, 0) is 17.8 Å². The second-order valence-corrected chi connectivity index (χ2v) is 6.00. The standard InChI is InChI=1S/C14H18ClN3OS/c1-2-3-8-18-13(6-7-16-18)17-14(19)5-4-12-9-11(15)10-20-12/h6-7,9-10H,2-5,8H2,1H3,(H,17,19). The predicted octanol–water partition coefficient (Wildman–Crippen LogP) is 3.97. The number of hydrogen-bond donors (Lipinski definition) is 1. The van der Waals surface area contributed by atoms with E-state index in [1.807, 2.05) is 22.2 Å². The highest BCUT2D eigenvalue weighted by Crippen LogP contribution is 2.20. The molecular weight excluding hydrogens is 294 g/mol. The van der Waals surface area contributed by atoms with Crippen LogP contribution in [-0.4, -0.2) is 15.7 Å². The number of halogens is 1. The van der Waals surface area contributed by atoms with Crippen molar-refractivity contribution in [3.63, 3.8) is 0 Å². The van der Waals surface area contributed by atoms with Crippen LogP contribution in [0.2, 0.25) is 5.02 Å². The zero-order valence-electron chi connectivity index (χ0n) is 11.4. The van der Waals surface area contributed by atoms with E-state index in [-0.39, 0.29) is 5.91 Å². The minimum Gasteiger partial charge on any atom is -0.311 e. The SMILES string of the molecule is CCCCn1nccc1NC(=O)CCc1cc(Cl)cs1. The maximum atomic E-state index is 11.9. The van der Waals surface area contributed by atoms with E-state index in [9.17, 15) is 4.79 Å². The summed E-state index contributed by atoms with van der Waals surface area (Å²) in [6, 6.07) is 3.74. The predicted molar refractivity (Wildman–Crippen MR) is 83.4 cm³/mol. The second-order valence-electron chi connectivity index (χ2n) is 4.57. The molecule has 4 nitrogen and oxygen atoms in total. The lowest BCUT2D eigenvalue weighted by Gasteiger charge is -2.08. The lowest BCUT2D eigenvalue weighted by Crippen LogP contribution is -2.16. The molecule has 108 valence electrons. The summed E-state index contributed by atoms with van der Waals surface area (Å²) >= 11 is 7.44. The minimum absolute atomic E-state index is 0.00720. The van der Waals surface area contributed by atoms with Crippen LogP contribution in [0.5, 0.6) is 0 Å². The zero-order valence-corrected chi connectivity index (χ0v) is 13.0. The van der Waals surface area contributed by atoms with E-state index in [2.05, 4.69) is 17.3 Å². The van der Waals surface area contributed by atoms with Gasteiger partial charge in [0.15, 0.2) is 0 Å². The van der Waals surface area contributed by atoms with E-state index in [0.717, 1.165) is 35.1 Å². The number of carbonyl (C=O) groups excluding carboxylic acids is 1. The fourth-order valence-electron chi connectivity index (χ4n) is 1.85. The molecular formula is C14H18ClN3OS. The number of amides is 1. The smallest absolute Gasteiger partial charge is 0.225 e. The summed E-state index contributed by atoms with van der Waals surface area (Å²) in [4.78, 5) is 13.1. The Bertz CT molecular complexity index is 564. The molecule has 2 aromatic heterocycles. The van der Waals surface area contributed by atoms with Crippen LogP contribution in [0.15, 0.2) is 23.7 Å². The van der Waals surface area contributed by atoms with Crippen LogP contribution in [0.25, 0.3) is 0 Å². The molecule has 0 aromatic carbocycles. The third-order valence-electron chi connectivity index (χ3n) is 2.93. The van der Waals surface area contributed by atoms with Gasteiger partial charge in [0.05, 0.1) is 11.2 Å². The zero-order chi connectivity index (χ0) is 14.4. The molecule has 0 aliphatic heterocycles. The van der Waals surface area contributed by atoms with Gasteiger partial charge in [-0.1, -0.05) is 24.9 Å². The Morgan fingerprint density at radius 2 is 2.40 bits per heavy atom. The highest BCUT2D eigenvalue weighted by Gasteiger charge is 2.08.